The van der Waals surface area contributed by atoms with Gasteiger partial charge in [0.1, 0.15) is 11.0 Å². The molecular formula is C16H12BrClN4O. The zero-order valence-electron chi connectivity index (χ0n) is 11.9. The van der Waals surface area contributed by atoms with E-state index in [2.05, 4.69) is 31.3 Å². The van der Waals surface area contributed by atoms with Gasteiger partial charge >= 0.3 is 0 Å². The fourth-order valence-corrected chi connectivity index (χ4v) is 2.57. The van der Waals surface area contributed by atoms with E-state index in [1.165, 1.54) is 6.20 Å². The number of halogens is 2. The molecule has 3 aromatic rings. The van der Waals surface area contributed by atoms with Crippen LogP contribution in [0, 0.1) is 0 Å². The Balaban J connectivity index is 1.77. The molecule has 0 aliphatic carbocycles. The van der Waals surface area contributed by atoms with Crippen molar-refractivity contribution in [3.8, 4) is 0 Å². The molecule has 0 aliphatic heterocycles. The van der Waals surface area contributed by atoms with E-state index < -0.39 is 0 Å². The Kier molecular flexibility index (Phi) is 4.73. The van der Waals surface area contributed by atoms with Gasteiger partial charge in [0.05, 0.1) is 18.3 Å². The molecule has 5 nitrogen and oxygen atoms in total. The average molecular weight is 392 g/mol. The van der Waals surface area contributed by atoms with Gasteiger partial charge < -0.3 is 5.32 Å². The third-order valence-corrected chi connectivity index (χ3v) is 4.22. The number of nitrogens with one attached hydrogen (secondary N) is 1. The molecule has 0 bridgehead atoms. The summed E-state index contributed by atoms with van der Waals surface area (Å²) >= 11 is 9.24. The van der Waals surface area contributed by atoms with Crippen molar-refractivity contribution in [3.63, 3.8) is 0 Å². The first kappa shape index (κ1) is 15.7. The van der Waals surface area contributed by atoms with Crippen molar-refractivity contribution < 1.29 is 4.79 Å². The smallest absolute Gasteiger partial charge is 0.258 e. The Labute approximate surface area is 146 Å². The number of hydrogen-bond donors (Lipinski definition) is 1. The number of amides is 1. The lowest BCUT2D eigenvalue weighted by molar-refractivity contribution is 0.102. The van der Waals surface area contributed by atoms with Gasteiger partial charge in [-0.25, -0.2) is 9.67 Å². The molecule has 0 fully saturated rings. The average Bonchev–Trinajstić information content (AvgIpc) is 2.97. The lowest BCUT2D eigenvalue weighted by Crippen LogP contribution is -2.16. The quantitative estimate of drug-likeness (QED) is 0.684. The summed E-state index contributed by atoms with van der Waals surface area (Å²) in [5.74, 6) is 0.351. The lowest BCUT2D eigenvalue weighted by atomic mass is 10.2. The molecular weight excluding hydrogens is 380 g/mol. The highest BCUT2D eigenvalue weighted by Gasteiger charge is 2.11. The zero-order chi connectivity index (χ0) is 16.2. The van der Waals surface area contributed by atoms with Crippen LogP contribution >= 0.6 is 27.5 Å². The summed E-state index contributed by atoms with van der Waals surface area (Å²) in [6, 6.07) is 12.8. The summed E-state index contributed by atoms with van der Waals surface area (Å²) in [5, 5.41) is 7.43. The molecule has 0 spiro atoms. The number of aromatic nitrogens is 3. The van der Waals surface area contributed by atoms with Gasteiger partial charge in [-0.2, -0.15) is 5.10 Å². The van der Waals surface area contributed by atoms with E-state index in [1.54, 1.807) is 29.1 Å². The van der Waals surface area contributed by atoms with E-state index in [1.807, 2.05) is 24.3 Å². The number of benzene rings is 1. The number of pyridine rings is 1. The molecule has 2 heterocycles. The highest BCUT2D eigenvalue weighted by Crippen LogP contribution is 2.19. The van der Waals surface area contributed by atoms with Gasteiger partial charge in [0.15, 0.2) is 0 Å². The van der Waals surface area contributed by atoms with Gasteiger partial charge in [-0.15, -0.1) is 0 Å². The molecule has 116 valence electrons. The SMILES string of the molecule is O=C(Nc1ccnn1Cc1ccccc1Br)c1ccc(Cl)nc1. The van der Waals surface area contributed by atoms with Crippen molar-refractivity contribution in [2.24, 2.45) is 0 Å². The number of carbonyl (C=O) groups excluding carboxylic acids is 1. The Hall–Kier alpha value is -2.18. The Morgan fingerprint density at radius 3 is 2.78 bits per heavy atom. The Morgan fingerprint density at radius 2 is 2.04 bits per heavy atom. The summed E-state index contributed by atoms with van der Waals surface area (Å²) in [4.78, 5) is 16.2. The summed E-state index contributed by atoms with van der Waals surface area (Å²) in [6.07, 6.45) is 3.08. The second-order valence-electron chi connectivity index (χ2n) is 4.79. The molecule has 0 radical (unpaired) electrons. The number of carbonyl (C=O) groups is 1. The molecule has 0 aliphatic rings. The van der Waals surface area contributed by atoms with Crippen LogP contribution in [-0.2, 0) is 6.54 Å². The van der Waals surface area contributed by atoms with E-state index in [0.29, 0.717) is 23.1 Å². The second-order valence-corrected chi connectivity index (χ2v) is 6.03. The Morgan fingerprint density at radius 1 is 1.22 bits per heavy atom. The summed E-state index contributed by atoms with van der Waals surface area (Å²) in [6.45, 7) is 0.545. The molecule has 1 amide bonds. The topological polar surface area (TPSA) is 59.8 Å². The van der Waals surface area contributed by atoms with Gasteiger partial charge in [0, 0.05) is 16.7 Å². The standard InChI is InChI=1S/C16H12BrClN4O/c17-13-4-2-1-3-12(13)10-22-15(7-8-20-22)21-16(23)11-5-6-14(18)19-9-11/h1-9H,10H2,(H,21,23). The van der Waals surface area contributed by atoms with Crippen molar-refractivity contribution in [1.29, 1.82) is 0 Å². The summed E-state index contributed by atoms with van der Waals surface area (Å²) in [7, 11) is 0. The van der Waals surface area contributed by atoms with Crippen LogP contribution in [0.1, 0.15) is 15.9 Å². The zero-order valence-corrected chi connectivity index (χ0v) is 14.3. The number of nitrogens with zero attached hydrogens (tertiary/aromatic N) is 3. The van der Waals surface area contributed by atoms with Gasteiger partial charge in [0.25, 0.3) is 5.91 Å². The molecule has 23 heavy (non-hydrogen) atoms. The van der Waals surface area contributed by atoms with Crippen molar-refractivity contribution in [1.82, 2.24) is 14.8 Å². The van der Waals surface area contributed by atoms with E-state index in [9.17, 15) is 4.79 Å². The highest BCUT2D eigenvalue weighted by molar-refractivity contribution is 9.10. The van der Waals surface area contributed by atoms with Crippen LogP contribution in [-0.4, -0.2) is 20.7 Å². The van der Waals surface area contributed by atoms with Crippen LogP contribution in [0.5, 0.6) is 0 Å². The number of rotatable bonds is 4. The fraction of sp³-hybridized carbons (Fsp3) is 0.0625. The first-order valence-electron chi connectivity index (χ1n) is 6.81. The third kappa shape index (κ3) is 3.78. The summed E-state index contributed by atoms with van der Waals surface area (Å²) in [5.41, 5.74) is 1.50. The normalized spacial score (nSPS) is 10.5. The number of anilines is 1. The number of hydrogen-bond acceptors (Lipinski definition) is 3. The first-order valence-corrected chi connectivity index (χ1v) is 7.99. The highest BCUT2D eigenvalue weighted by atomic mass is 79.9. The lowest BCUT2D eigenvalue weighted by Gasteiger charge is -2.10. The second kappa shape index (κ2) is 6.93. The Bertz CT molecular complexity index is 832. The van der Waals surface area contributed by atoms with Gasteiger partial charge in [-0.1, -0.05) is 45.7 Å². The van der Waals surface area contributed by atoms with Crippen LogP contribution in [0.4, 0.5) is 5.82 Å². The maximum absolute atomic E-state index is 12.3. The largest absolute Gasteiger partial charge is 0.307 e. The molecule has 1 N–H and O–H groups in total. The van der Waals surface area contributed by atoms with Crippen molar-refractivity contribution in [3.05, 3.63) is 75.6 Å². The maximum atomic E-state index is 12.3. The van der Waals surface area contributed by atoms with Crippen LogP contribution < -0.4 is 5.32 Å². The molecule has 2 aromatic heterocycles. The van der Waals surface area contributed by atoms with E-state index >= 15 is 0 Å². The van der Waals surface area contributed by atoms with Crippen LogP contribution in [0.3, 0.4) is 0 Å². The molecule has 0 saturated carbocycles. The monoisotopic (exact) mass is 390 g/mol. The molecule has 0 unspecified atom stereocenters. The van der Waals surface area contributed by atoms with E-state index in [4.69, 9.17) is 11.6 Å². The minimum atomic E-state index is -0.261. The minimum absolute atomic E-state index is 0.261. The van der Waals surface area contributed by atoms with E-state index in [0.717, 1.165) is 10.0 Å². The van der Waals surface area contributed by atoms with Crippen molar-refractivity contribution in [2.75, 3.05) is 5.32 Å². The van der Waals surface area contributed by atoms with Crippen LogP contribution in [0.15, 0.2) is 59.3 Å². The van der Waals surface area contributed by atoms with Gasteiger partial charge in [-0.3, -0.25) is 4.79 Å². The van der Waals surface area contributed by atoms with Gasteiger partial charge in [0.2, 0.25) is 0 Å². The van der Waals surface area contributed by atoms with Crippen LogP contribution in [0.25, 0.3) is 0 Å². The fourth-order valence-electron chi connectivity index (χ4n) is 2.05. The third-order valence-electron chi connectivity index (χ3n) is 3.23. The molecule has 7 heteroatoms. The van der Waals surface area contributed by atoms with Crippen LogP contribution in [0.2, 0.25) is 5.15 Å². The predicted molar refractivity (Wildman–Crippen MR) is 92.7 cm³/mol. The molecule has 0 saturated heterocycles. The minimum Gasteiger partial charge on any atom is -0.307 e. The molecule has 3 rings (SSSR count). The first-order chi connectivity index (χ1) is 11.1. The van der Waals surface area contributed by atoms with Gasteiger partial charge in [-0.05, 0) is 23.8 Å². The van der Waals surface area contributed by atoms with Crippen molar-refractivity contribution in [2.45, 2.75) is 6.54 Å². The van der Waals surface area contributed by atoms with Crippen molar-refractivity contribution >= 4 is 39.3 Å². The summed E-state index contributed by atoms with van der Waals surface area (Å²) < 4.78 is 2.72. The maximum Gasteiger partial charge on any atom is 0.258 e. The molecule has 1 aromatic carbocycles. The van der Waals surface area contributed by atoms with E-state index in [-0.39, 0.29) is 5.91 Å². The molecule has 0 atom stereocenters. The predicted octanol–water partition coefficient (Wildman–Crippen LogP) is 3.99.